The van der Waals surface area contributed by atoms with Crippen molar-refractivity contribution in [1.29, 1.82) is 0 Å². The van der Waals surface area contributed by atoms with Gasteiger partial charge in [-0.05, 0) is 24.3 Å². The quantitative estimate of drug-likeness (QED) is 0.526. The molecule has 4 aromatic rings. The molecule has 5 heteroatoms. The van der Waals surface area contributed by atoms with Gasteiger partial charge < -0.3 is 9.97 Å². The van der Waals surface area contributed by atoms with Crippen LogP contribution < -0.4 is 5.43 Å². The molecule has 102 valence electrons. The minimum absolute atomic E-state index is 0.131. The van der Waals surface area contributed by atoms with E-state index >= 15 is 0 Å². The molecule has 0 amide bonds. The van der Waals surface area contributed by atoms with Crippen molar-refractivity contribution in [3.63, 3.8) is 0 Å². The molecule has 0 aliphatic rings. The van der Waals surface area contributed by atoms with Crippen LogP contribution in [0.4, 0.5) is 0 Å². The number of para-hydroxylation sites is 3. The first-order valence-corrected chi connectivity index (χ1v) is 6.87. The summed E-state index contributed by atoms with van der Waals surface area (Å²) >= 11 is 6.26. The van der Waals surface area contributed by atoms with E-state index in [1.54, 1.807) is 6.07 Å². The Kier molecular flexibility index (Phi) is 2.59. The summed E-state index contributed by atoms with van der Waals surface area (Å²) in [6.45, 7) is 0. The van der Waals surface area contributed by atoms with E-state index in [4.69, 9.17) is 11.6 Å². The van der Waals surface area contributed by atoms with Crippen molar-refractivity contribution in [1.82, 2.24) is 15.0 Å². The van der Waals surface area contributed by atoms with E-state index in [1.807, 2.05) is 42.5 Å². The summed E-state index contributed by atoms with van der Waals surface area (Å²) in [5, 5.41) is 0.884. The Bertz CT molecular complexity index is 999. The van der Waals surface area contributed by atoms with Crippen LogP contribution in [0.2, 0.25) is 5.15 Å². The summed E-state index contributed by atoms with van der Waals surface area (Å²) in [5.41, 5.74) is 2.62. The van der Waals surface area contributed by atoms with Crippen molar-refractivity contribution in [2.75, 3.05) is 0 Å². The minimum atomic E-state index is -0.131. The van der Waals surface area contributed by atoms with Crippen LogP contribution in [-0.4, -0.2) is 15.0 Å². The van der Waals surface area contributed by atoms with Crippen LogP contribution in [0, 0.1) is 0 Å². The summed E-state index contributed by atoms with van der Waals surface area (Å²) in [6.07, 6.45) is 0. The zero-order chi connectivity index (χ0) is 14.4. The van der Waals surface area contributed by atoms with Gasteiger partial charge in [0.2, 0.25) is 5.43 Å². The largest absolute Gasteiger partial charge is 0.345 e. The van der Waals surface area contributed by atoms with Crippen molar-refractivity contribution < 1.29 is 0 Å². The molecule has 0 bridgehead atoms. The summed E-state index contributed by atoms with van der Waals surface area (Å²) in [4.78, 5) is 23.3. The molecular weight excluding hydrogens is 286 g/mol. The highest BCUT2D eigenvalue weighted by Crippen LogP contribution is 2.25. The summed E-state index contributed by atoms with van der Waals surface area (Å²) < 4.78 is 0. The predicted octanol–water partition coefficient (Wildman–Crippen LogP) is 3.72. The molecule has 0 unspecified atom stereocenters. The second-order valence-electron chi connectivity index (χ2n) is 4.79. The molecule has 0 aliphatic carbocycles. The van der Waals surface area contributed by atoms with Gasteiger partial charge in [-0.2, -0.15) is 0 Å². The van der Waals surface area contributed by atoms with Crippen LogP contribution in [0.3, 0.4) is 0 Å². The molecule has 2 aromatic heterocycles. The highest BCUT2D eigenvalue weighted by Gasteiger charge is 2.15. The number of pyridine rings is 1. The molecule has 0 atom stereocenters. The van der Waals surface area contributed by atoms with Crippen LogP contribution >= 0.6 is 11.6 Å². The van der Waals surface area contributed by atoms with Crippen LogP contribution in [0.25, 0.3) is 33.3 Å². The topological polar surface area (TPSA) is 61.5 Å². The van der Waals surface area contributed by atoms with Gasteiger partial charge in [0.05, 0.1) is 16.6 Å². The molecule has 4 nitrogen and oxygen atoms in total. The third-order valence-electron chi connectivity index (χ3n) is 3.49. The van der Waals surface area contributed by atoms with E-state index in [-0.39, 0.29) is 10.6 Å². The minimum Gasteiger partial charge on any atom is -0.345 e. The lowest BCUT2D eigenvalue weighted by molar-refractivity contribution is 1.29. The van der Waals surface area contributed by atoms with E-state index in [1.165, 1.54) is 0 Å². The monoisotopic (exact) mass is 295 g/mol. The second kappa shape index (κ2) is 4.46. The summed E-state index contributed by atoms with van der Waals surface area (Å²) in [6, 6.07) is 14.9. The number of hydrogen-bond donors (Lipinski definition) is 2. The van der Waals surface area contributed by atoms with E-state index in [0.29, 0.717) is 22.3 Å². The molecule has 4 rings (SSSR count). The molecular formula is C16H10ClN3O. The molecule has 2 heterocycles. The Morgan fingerprint density at radius 1 is 0.905 bits per heavy atom. The number of fused-ring (bicyclic) bond motifs is 2. The van der Waals surface area contributed by atoms with Gasteiger partial charge in [0.25, 0.3) is 0 Å². The van der Waals surface area contributed by atoms with Gasteiger partial charge in [-0.3, -0.25) is 4.79 Å². The highest BCUT2D eigenvalue weighted by molar-refractivity contribution is 6.32. The van der Waals surface area contributed by atoms with Crippen LogP contribution in [-0.2, 0) is 0 Å². The van der Waals surface area contributed by atoms with Gasteiger partial charge >= 0.3 is 0 Å². The van der Waals surface area contributed by atoms with Crippen molar-refractivity contribution in [2.24, 2.45) is 0 Å². The lowest BCUT2D eigenvalue weighted by Crippen LogP contribution is -2.08. The van der Waals surface area contributed by atoms with Gasteiger partial charge in [-0.1, -0.05) is 35.9 Å². The maximum Gasteiger partial charge on any atom is 0.201 e. The standard InChI is InChI=1S/C16H10ClN3O/c17-15-13(14(21)9-5-1-2-6-10(9)18-15)16-19-11-7-3-4-8-12(11)20-16/h1-8H,(H,18,21)(H,19,20). The van der Waals surface area contributed by atoms with Crippen molar-refractivity contribution in [3.8, 4) is 11.4 Å². The number of imidazole rings is 1. The zero-order valence-corrected chi connectivity index (χ0v) is 11.6. The SMILES string of the molecule is O=c1c(-c2nc3ccccc3[nH]2)c(Cl)[nH]c2ccccc12. The van der Waals surface area contributed by atoms with Crippen molar-refractivity contribution in [3.05, 3.63) is 63.9 Å². The fourth-order valence-corrected chi connectivity index (χ4v) is 2.77. The lowest BCUT2D eigenvalue weighted by Gasteiger charge is -2.03. The summed E-state index contributed by atoms with van der Waals surface area (Å²) in [5.74, 6) is 0.480. The van der Waals surface area contributed by atoms with Gasteiger partial charge in [-0.25, -0.2) is 4.98 Å². The van der Waals surface area contributed by atoms with E-state index in [2.05, 4.69) is 15.0 Å². The zero-order valence-electron chi connectivity index (χ0n) is 10.9. The third-order valence-corrected chi connectivity index (χ3v) is 3.77. The molecule has 0 aliphatic heterocycles. The van der Waals surface area contributed by atoms with Crippen LogP contribution in [0.5, 0.6) is 0 Å². The van der Waals surface area contributed by atoms with E-state index in [0.717, 1.165) is 11.0 Å². The molecule has 0 fully saturated rings. The van der Waals surface area contributed by atoms with Crippen LogP contribution in [0.15, 0.2) is 53.3 Å². The number of halogens is 1. The average molecular weight is 296 g/mol. The van der Waals surface area contributed by atoms with Crippen molar-refractivity contribution >= 4 is 33.5 Å². The average Bonchev–Trinajstić information content (AvgIpc) is 2.90. The molecule has 2 N–H and O–H groups in total. The maximum absolute atomic E-state index is 12.7. The highest BCUT2D eigenvalue weighted by atomic mass is 35.5. The van der Waals surface area contributed by atoms with Gasteiger partial charge in [0, 0.05) is 5.39 Å². The molecule has 0 saturated heterocycles. The molecule has 21 heavy (non-hydrogen) atoms. The first kappa shape index (κ1) is 12.2. The van der Waals surface area contributed by atoms with Gasteiger partial charge in [0.1, 0.15) is 16.5 Å². The number of nitrogens with zero attached hydrogens (tertiary/aromatic N) is 1. The molecule has 0 spiro atoms. The number of aromatic amines is 2. The molecule has 0 radical (unpaired) electrons. The second-order valence-corrected chi connectivity index (χ2v) is 5.17. The van der Waals surface area contributed by atoms with Gasteiger partial charge in [-0.15, -0.1) is 0 Å². The number of rotatable bonds is 1. The van der Waals surface area contributed by atoms with Crippen LogP contribution in [0.1, 0.15) is 0 Å². The Morgan fingerprint density at radius 2 is 1.62 bits per heavy atom. The Hall–Kier alpha value is -2.59. The van der Waals surface area contributed by atoms with E-state index < -0.39 is 0 Å². The fraction of sp³-hybridized carbons (Fsp3) is 0. The number of aromatic nitrogens is 3. The third kappa shape index (κ3) is 1.84. The first-order valence-electron chi connectivity index (χ1n) is 6.50. The normalized spacial score (nSPS) is 11.3. The smallest absolute Gasteiger partial charge is 0.201 e. The number of nitrogens with one attached hydrogen (secondary N) is 2. The summed E-state index contributed by atoms with van der Waals surface area (Å²) in [7, 11) is 0. The number of benzene rings is 2. The number of H-pyrrole nitrogens is 2. The lowest BCUT2D eigenvalue weighted by atomic mass is 10.1. The number of hydrogen-bond acceptors (Lipinski definition) is 2. The predicted molar refractivity (Wildman–Crippen MR) is 84.7 cm³/mol. The first-order chi connectivity index (χ1) is 10.2. The molecule has 2 aromatic carbocycles. The van der Waals surface area contributed by atoms with Gasteiger partial charge in [0.15, 0.2) is 0 Å². The maximum atomic E-state index is 12.7. The Labute approximate surface area is 124 Å². The fourth-order valence-electron chi connectivity index (χ4n) is 2.49. The Morgan fingerprint density at radius 3 is 2.43 bits per heavy atom. The van der Waals surface area contributed by atoms with E-state index in [9.17, 15) is 4.79 Å². The Balaban J connectivity index is 2.08. The molecule has 0 saturated carbocycles. The van der Waals surface area contributed by atoms with Crippen molar-refractivity contribution in [2.45, 2.75) is 0 Å².